The highest BCUT2D eigenvalue weighted by molar-refractivity contribution is 5.84. The molecule has 0 radical (unpaired) electrons. The third-order valence-electron chi connectivity index (χ3n) is 4.02. The molecule has 3 aromatic rings. The molecule has 2 aromatic carbocycles. The number of fused-ring (bicyclic) bond motifs is 1. The average Bonchev–Trinajstić information content (AvgIpc) is 2.59. The van der Waals surface area contributed by atoms with Crippen molar-refractivity contribution in [2.24, 2.45) is 5.92 Å². The molecular formula is C21H23NO2. The van der Waals surface area contributed by atoms with Gasteiger partial charge in [-0.25, -0.2) is 0 Å². The summed E-state index contributed by atoms with van der Waals surface area (Å²) in [4.78, 5) is 4.41. The van der Waals surface area contributed by atoms with Crippen LogP contribution in [-0.4, -0.2) is 10.1 Å². The lowest BCUT2D eigenvalue weighted by Gasteiger charge is -2.15. The zero-order chi connectivity index (χ0) is 16.9. The summed E-state index contributed by atoms with van der Waals surface area (Å²) in [5.41, 5.74) is 2.86. The summed E-state index contributed by atoms with van der Waals surface area (Å²) in [6, 6.07) is 17.9. The van der Waals surface area contributed by atoms with Gasteiger partial charge in [-0.05, 0) is 41.7 Å². The lowest BCUT2D eigenvalue weighted by Crippen LogP contribution is -2.03. The van der Waals surface area contributed by atoms with E-state index in [-0.39, 0.29) is 0 Å². The van der Waals surface area contributed by atoms with E-state index in [1.165, 1.54) is 0 Å². The number of hydrogen-bond acceptors (Lipinski definition) is 3. The van der Waals surface area contributed by atoms with Crippen molar-refractivity contribution in [3.05, 3.63) is 71.9 Å². The van der Waals surface area contributed by atoms with E-state index in [1.807, 2.05) is 54.6 Å². The summed E-state index contributed by atoms with van der Waals surface area (Å²) in [6.07, 6.45) is 2.11. The van der Waals surface area contributed by atoms with E-state index >= 15 is 0 Å². The zero-order valence-corrected chi connectivity index (χ0v) is 14.1. The van der Waals surface area contributed by atoms with Crippen LogP contribution in [0.5, 0.6) is 5.75 Å². The number of nitrogens with zero attached hydrogens (tertiary/aromatic N) is 1. The van der Waals surface area contributed by atoms with E-state index in [9.17, 15) is 5.11 Å². The number of ether oxygens (including phenoxy) is 1. The van der Waals surface area contributed by atoms with Crippen LogP contribution in [0.3, 0.4) is 0 Å². The van der Waals surface area contributed by atoms with Crippen molar-refractivity contribution in [3.63, 3.8) is 0 Å². The smallest absolute Gasteiger partial charge is 0.146 e. The Hall–Kier alpha value is -2.39. The maximum absolute atomic E-state index is 10.3. The van der Waals surface area contributed by atoms with Crippen molar-refractivity contribution in [2.75, 3.05) is 0 Å². The SMILES string of the molecule is CC(C)CC(O)c1cccc(COc2cccc3cccnc23)c1. The summed E-state index contributed by atoms with van der Waals surface area (Å²) < 4.78 is 5.98. The van der Waals surface area contributed by atoms with Gasteiger partial charge in [0.1, 0.15) is 17.9 Å². The molecule has 1 unspecified atom stereocenters. The second kappa shape index (κ2) is 7.45. The molecule has 0 saturated carbocycles. The van der Waals surface area contributed by atoms with Gasteiger partial charge in [0.2, 0.25) is 0 Å². The Bertz CT molecular complexity index is 808. The minimum Gasteiger partial charge on any atom is -0.487 e. The topological polar surface area (TPSA) is 42.4 Å². The third kappa shape index (κ3) is 3.92. The summed E-state index contributed by atoms with van der Waals surface area (Å²) >= 11 is 0. The van der Waals surface area contributed by atoms with Crippen molar-refractivity contribution in [3.8, 4) is 5.75 Å². The van der Waals surface area contributed by atoms with Gasteiger partial charge in [0.25, 0.3) is 0 Å². The molecule has 124 valence electrons. The largest absolute Gasteiger partial charge is 0.487 e. The van der Waals surface area contributed by atoms with Crippen molar-refractivity contribution < 1.29 is 9.84 Å². The van der Waals surface area contributed by atoms with E-state index in [4.69, 9.17) is 4.74 Å². The van der Waals surface area contributed by atoms with Crippen LogP contribution in [0.15, 0.2) is 60.8 Å². The van der Waals surface area contributed by atoms with Crippen molar-refractivity contribution in [2.45, 2.75) is 33.0 Å². The molecule has 3 nitrogen and oxygen atoms in total. The number of rotatable bonds is 6. The minimum atomic E-state index is -0.427. The lowest BCUT2D eigenvalue weighted by atomic mass is 9.98. The number of aromatic nitrogens is 1. The maximum atomic E-state index is 10.3. The first-order chi connectivity index (χ1) is 11.6. The molecule has 0 amide bonds. The molecule has 0 aliphatic carbocycles. The highest BCUT2D eigenvalue weighted by atomic mass is 16.5. The van der Waals surface area contributed by atoms with E-state index in [0.29, 0.717) is 12.5 Å². The van der Waals surface area contributed by atoms with Crippen molar-refractivity contribution in [1.29, 1.82) is 0 Å². The highest BCUT2D eigenvalue weighted by Gasteiger charge is 2.10. The van der Waals surface area contributed by atoms with E-state index < -0.39 is 6.10 Å². The predicted molar refractivity (Wildman–Crippen MR) is 96.9 cm³/mol. The molecule has 1 heterocycles. The molecule has 1 N–H and O–H groups in total. The number of pyridine rings is 1. The van der Waals surface area contributed by atoms with Crippen LogP contribution in [0, 0.1) is 5.92 Å². The molecule has 0 aliphatic rings. The third-order valence-corrected chi connectivity index (χ3v) is 4.02. The lowest BCUT2D eigenvalue weighted by molar-refractivity contribution is 0.151. The highest BCUT2D eigenvalue weighted by Crippen LogP contribution is 2.25. The van der Waals surface area contributed by atoms with Gasteiger partial charge in [-0.2, -0.15) is 0 Å². The van der Waals surface area contributed by atoms with Crippen LogP contribution < -0.4 is 4.74 Å². The standard InChI is InChI=1S/C21H23NO2/c1-15(2)12-19(23)18-8-3-6-16(13-18)14-24-20-10-4-7-17-9-5-11-22-21(17)20/h3-11,13,15,19,23H,12,14H2,1-2H3. The second-order valence-corrected chi connectivity index (χ2v) is 6.51. The Morgan fingerprint density at radius 2 is 1.83 bits per heavy atom. The average molecular weight is 321 g/mol. The van der Waals surface area contributed by atoms with Gasteiger partial charge in [-0.1, -0.05) is 50.2 Å². The molecule has 0 fully saturated rings. The molecule has 0 saturated heterocycles. The second-order valence-electron chi connectivity index (χ2n) is 6.51. The van der Waals surface area contributed by atoms with Crippen molar-refractivity contribution >= 4 is 10.9 Å². The van der Waals surface area contributed by atoms with E-state index in [2.05, 4.69) is 18.8 Å². The van der Waals surface area contributed by atoms with Crippen LogP contribution in [0.1, 0.15) is 37.5 Å². The maximum Gasteiger partial charge on any atom is 0.146 e. The van der Waals surface area contributed by atoms with Crippen LogP contribution in [0.25, 0.3) is 10.9 Å². The quantitative estimate of drug-likeness (QED) is 0.702. The fourth-order valence-electron chi connectivity index (χ4n) is 2.83. The van der Waals surface area contributed by atoms with Crippen molar-refractivity contribution in [1.82, 2.24) is 4.98 Å². The molecule has 3 heteroatoms. The minimum absolute atomic E-state index is 0.427. The molecule has 1 atom stereocenters. The Labute approximate surface area is 142 Å². The summed E-state index contributed by atoms with van der Waals surface area (Å²) in [6.45, 7) is 4.69. The number of para-hydroxylation sites is 1. The van der Waals surface area contributed by atoms with Gasteiger partial charge < -0.3 is 9.84 Å². The predicted octanol–water partition coefficient (Wildman–Crippen LogP) is 4.89. The zero-order valence-electron chi connectivity index (χ0n) is 14.1. The summed E-state index contributed by atoms with van der Waals surface area (Å²) in [5.74, 6) is 1.24. The van der Waals surface area contributed by atoms with Crippen LogP contribution in [0.4, 0.5) is 0 Å². The van der Waals surface area contributed by atoms with Gasteiger partial charge in [0, 0.05) is 11.6 Å². The molecule has 1 aromatic heterocycles. The monoisotopic (exact) mass is 321 g/mol. The molecule has 0 bridgehead atoms. The molecule has 24 heavy (non-hydrogen) atoms. The fourth-order valence-corrected chi connectivity index (χ4v) is 2.83. The Morgan fingerprint density at radius 1 is 1.04 bits per heavy atom. The van der Waals surface area contributed by atoms with Gasteiger partial charge in [0.05, 0.1) is 6.10 Å². The Kier molecular flexibility index (Phi) is 5.11. The van der Waals surface area contributed by atoms with E-state index in [1.54, 1.807) is 6.20 Å². The number of hydrogen-bond donors (Lipinski definition) is 1. The van der Waals surface area contributed by atoms with Crippen LogP contribution in [-0.2, 0) is 6.61 Å². The fraction of sp³-hybridized carbons (Fsp3) is 0.286. The molecule has 3 rings (SSSR count). The molecule has 0 aliphatic heterocycles. The first-order valence-electron chi connectivity index (χ1n) is 8.37. The van der Waals surface area contributed by atoms with Crippen LogP contribution >= 0.6 is 0 Å². The van der Waals surface area contributed by atoms with Gasteiger partial charge in [0.15, 0.2) is 0 Å². The number of benzene rings is 2. The van der Waals surface area contributed by atoms with Gasteiger partial charge in [-0.15, -0.1) is 0 Å². The van der Waals surface area contributed by atoms with Crippen LogP contribution in [0.2, 0.25) is 0 Å². The molecular weight excluding hydrogens is 298 g/mol. The first kappa shape index (κ1) is 16.5. The summed E-state index contributed by atoms with van der Waals surface area (Å²) in [7, 11) is 0. The first-order valence-corrected chi connectivity index (χ1v) is 8.37. The van der Waals surface area contributed by atoms with Gasteiger partial charge in [-0.3, -0.25) is 4.98 Å². The Balaban J connectivity index is 1.74. The molecule has 0 spiro atoms. The Morgan fingerprint density at radius 3 is 2.67 bits per heavy atom. The van der Waals surface area contributed by atoms with E-state index in [0.717, 1.165) is 34.2 Å². The van der Waals surface area contributed by atoms with Gasteiger partial charge >= 0.3 is 0 Å². The summed E-state index contributed by atoms with van der Waals surface area (Å²) in [5, 5.41) is 11.4. The normalized spacial score (nSPS) is 12.5. The number of aliphatic hydroxyl groups is 1. The number of aliphatic hydroxyl groups excluding tert-OH is 1.